The van der Waals surface area contributed by atoms with Crippen molar-refractivity contribution in [1.82, 2.24) is 0 Å². The third-order valence-corrected chi connectivity index (χ3v) is 7.07. The van der Waals surface area contributed by atoms with Crippen molar-refractivity contribution in [3.63, 3.8) is 0 Å². The van der Waals surface area contributed by atoms with Crippen LogP contribution >= 0.6 is 0 Å². The van der Waals surface area contributed by atoms with Crippen LogP contribution in [0.4, 0.5) is 0 Å². The molecule has 0 radical (unpaired) electrons. The minimum Gasteiger partial charge on any atom is -0.458 e. The van der Waals surface area contributed by atoms with E-state index in [2.05, 4.69) is 0 Å². The van der Waals surface area contributed by atoms with E-state index in [-0.39, 0.29) is 29.8 Å². The quantitative estimate of drug-likeness (QED) is 0.530. The second kappa shape index (κ2) is 7.78. The molecular weight excluding hydrogens is 350 g/mol. The first-order valence-corrected chi connectivity index (χ1v) is 10.1. The average Bonchev–Trinajstić information content (AvgIpc) is 2.82. The number of fused-ring (bicyclic) bond motifs is 1. The molecule has 7 unspecified atom stereocenters. The summed E-state index contributed by atoms with van der Waals surface area (Å²) in [6, 6.07) is 0. The predicted molar refractivity (Wildman–Crippen MR) is 96.3 cm³/mol. The van der Waals surface area contributed by atoms with E-state index in [1.165, 1.54) is 0 Å². The zero-order valence-corrected chi connectivity index (χ0v) is 16.4. The van der Waals surface area contributed by atoms with Gasteiger partial charge in [0.05, 0.1) is 11.3 Å². The highest BCUT2D eigenvalue weighted by molar-refractivity contribution is 5.80. The van der Waals surface area contributed by atoms with E-state index in [1.54, 1.807) is 6.92 Å². The molecule has 7 nitrogen and oxygen atoms in total. The van der Waals surface area contributed by atoms with Crippen LogP contribution in [0.3, 0.4) is 0 Å². The maximum absolute atomic E-state index is 12.5. The van der Waals surface area contributed by atoms with Crippen molar-refractivity contribution in [2.24, 2.45) is 34.8 Å². The summed E-state index contributed by atoms with van der Waals surface area (Å²) >= 11 is 0. The number of nitrogens with two attached hydrogens (primary N) is 1. The van der Waals surface area contributed by atoms with Gasteiger partial charge in [0.1, 0.15) is 12.2 Å². The molecule has 0 aromatic rings. The first-order chi connectivity index (χ1) is 12.8. The van der Waals surface area contributed by atoms with Gasteiger partial charge in [-0.1, -0.05) is 13.8 Å². The van der Waals surface area contributed by atoms with Gasteiger partial charge in [-0.3, -0.25) is 9.59 Å². The molecule has 0 spiro atoms. The Bertz CT molecular complexity index is 607. The summed E-state index contributed by atoms with van der Waals surface area (Å²) in [7, 11) is 0. The van der Waals surface area contributed by atoms with Crippen LogP contribution in [0.5, 0.6) is 0 Å². The lowest BCUT2D eigenvalue weighted by atomic mass is 9.67. The molecule has 7 atom stereocenters. The number of esters is 3. The standard InChI is InChI=1S/C20H31NO6/c1-4-20(3,11(2)9-21)19(24)25-10-16(22)27-17-13-5-12-6-14(8-13)18(23)26-15(17)7-12/h11-15,17H,4-10,21H2,1-3H3. The summed E-state index contributed by atoms with van der Waals surface area (Å²) in [5.74, 6) is -0.685. The highest BCUT2D eigenvalue weighted by Crippen LogP contribution is 2.48. The van der Waals surface area contributed by atoms with Crippen molar-refractivity contribution >= 4 is 17.9 Å². The van der Waals surface area contributed by atoms with Crippen LogP contribution in [0.2, 0.25) is 0 Å². The normalized spacial score (nSPS) is 35.0. The molecule has 0 amide bonds. The highest BCUT2D eigenvalue weighted by atomic mass is 16.6. The Morgan fingerprint density at radius 2 is 2.04 bits per heavy atom. The summed E-state index contributed by atoms with van der Waals surface area (Å²) in [6.45, 7) is 5.54. The van der Waals surface area contributed by atoms with Gasteiger partial charge in [-0.25, -0.2) is 4.79 Å². The molecule has 4 fully saturated rings. The molecule has 2 saturated carbocycles. The molecular formula is C20H31NO6. The molecule has 0 aromatic carbocycles. The van der Waals surface area contributed by atoms with E-state index >= 15 is 0 Å². The van der Waals surface area contributed by atoms with Gasteiger partial charge in [-0.2, -0.15) is 0 Å². The molecule has 4 rings (SSSR count). The topological polar surface area (TPSA) is 105 Å². The number of hydrogen-bond acceptors (Lipinski definition) is 7. The maximum atomic E-state index is 12.5. The summed E-state index contributed by atoms with van der Waals surface area (Å²) in [5, 5.41) is 0. The minimum atomic E-state index is -0.731. The SMILES string of the molecule is CCC(C)(C(=O)OCC(=O)OC1C2CC3CC(C2)C(=O)OC1C3)C(C)CN. The van der Waals surface area contributed by atoms with Gasteiger partial charge in [-0.15, -0.1) is 0 Å². The first kappa shape index (κ1) is 20.1. The van der Waals surface area contributed by atoms with Crippen LogP contribution in [0.1, 0.15) is 52.9 Å². The number of carbonyl (C=O) groups excluding carboxylic acids is 3. The van der Waals surface area contributed by atoms with Gasteiger partial charge in [0.15, 0.2) is 6.61 Å². The molecule has 2 aliphatic heterocycles. The lowest BCUT2D eigenvalue weighted by Gasteiger charge is -2.41. The van der Waals surface area contributed by atoms with Crippen molar-refractivity contribution < 1.29 is 28.6 Å². The molecule has 2 saturated heterocycles. The monoisotopic (exact) mass is 381 g/mol. The Hall–Kier alpha value is -1.63. The Labute approximate surface area is 160 Å². The number of rotatable bonds is 7. The Morgan fingerprint density at radius 1 is 1.30 bits per heavy atom. The van der Waals surface area contributed by atoms with E-state index in [4.69, 9.17) is 19.9 Å². The van der Waals surface area contributed by atoms with Crippen molar-refractivity contribution in [2.45, 2.75) is 65.1 Å². The van der Waals surface area contributed by atoms with E-state index in [1.807, 2.05) is 13.8 Å². The fourth-order valence-corrected chi connectivity index (χ4v) is 4.87. The van der Waals surface area contributed by atoms with Crippen LogP contribution in [-0.2, 0) is 28.6 Å². The number of hydrogen-bond donors (Lipinski definition) is 1. The first-order valence-electron chi connectivity index (χ1n) is 10.1. The Kier molecular flexibility index (Phi) is 5.79. The van der Waals surface area contributed by atoms with Crippen molar-refractivity contribution in [3.8, 4) is 0 Å². The van der Waals surface area contributed by atoms with Crippen molar-refractivity contribution in [1.29, 1.82) is 0 Å². The van der Waals surface area contributed by atoms with Gasteiger partial charge >= 0.3 is 17.9 Å². The van der Waals surface area contributed by atoms with Crippen LogP contribution in [-0.4, -0.2) is 43.3 Å². The zero-order chi connectivity index (χ0) is 19.8. The lowest BCUT2D eigenvalue weighted by Crippen LogP contribution is -2.46. The molecule has 4 bridgehead atoms. The fourth-order valence-electron chi connectivity index (χ4n) is 4.87. The van der Waals surface area contributed by atoms with Gasteiger partial charge in [0.2, 0.25) is 0 Å². The van der Waals surface area contributed by atoms with E-state index in [0.717, 1.165) is 19.3 Å². The second-order valence-electron chi connectivity index (χ2n) is 8.68. The maximum Gasteiger partial charge on any atom is 0.344 e. The summed E-state index contributed by atoms with van der Waals surface area (Å²) in [6.07, 6.45) is 3.09. The fraction of sp³-hybridized carbons (Fsp3) is 0.850. The Balaban J connectivity index is 1.57. The van der Waals surface area contributed by atoms with Gasteiger partial charge in [0.25, 0.3) is 0 Å². The van der Waals surface area contributed by atoms with E-state index in [0.29, 0.717) is 25.3 Å². The lowest BCUT2D eigenvalue weighted by molar-refractivity contribution is -0.181. The average molecular weight is 381 g/mol. The van der Waals surface area contributed by atoms with Crippen LogP contribution in [0, 0.1) is 29.1 Å². The largest absolute Gasteiger partial charge is 0.458 e. The highest BCUT2D eigenvalue weighted by Gasteiger charge is 2.51. The molecule has 7 heteroatoms. The minimum absolute atomic E-state index is 0.0571. The molecule has 2 N–H and O–H groups in total. The van der Waals surface area contributed by atoms with E-state index < -0.39 is 30.1 Å². The molecule has 2 heterocycles. The molecule has 27 heavy (non-hydrogen) atoms. The van der Waals surface area contributed by atoms with Gasteiger partial charge in [-0.05, 0) is 57.4 Å². The molecule has 2 aliphatic carbocycles. The Morgan fingerprint density at radius 3 is 2.70 bits per heavy atom. The van der Waals surface area contributed by atoms with Gasteiger partial charge in [0, 0.05) is 5.92 Å². The smallest absolute Gasteiger partial charge is 0.344 e. The van der Waals surface area contributed by atoms with Crippen LogP contribution < -0.4 is 5.73 Å². The summed E-state index contributed by atoms with van der Waals surface area (Å²) < 4.78 is 16.4. The summed E-state index contributed by atoms with van der Waals surface area (Å²) in [5.41, 5.74) is 4.97. The summed E-state index contributed by atoms with van der Waals surface area (Å²) in [4.78, 5) is 36.9. The number of carbonyl (C=O) groups is 3. The second-order valence-corrected chi connectivity index (χ2v) is 8.68. The molecule has 4 aliphatic rings. The molecule has 152 valence electrons. The predicted octanol–water partition coefficient (Wildman–Crippen LogP) is 1.81. The zero-order valence-electron chi connectivity index (χ0n) is 16.4. The van der Waals surface area contributed by atoms with Crippen LogP contribution in [0.15, 0.2) is 0 Å². The number of ether oxygens (including phenoxy) is 3. The third-order valence-electron chi connectivity index (χ3n) is 7.07. The van der Waals surface area contributed by atoms with Crippen LogP contribution in [0.25, 0.3) is 0 Å². The van der Waals surface area contributed by atoms with Crippen molar-refractivity contribution in [3.05, 3.63) is 0 Å². The third kappa shape index (κ3) is 3.84. The molecule has 0 aromatic heterocycles. The van der Waals surface area contributed by atoms with E-state index in [9.17, 15) is 14.4 Å². The van der Waals surface area contributed by atoms with Gasteiger partial charge < -0.3 is 19.9 Å². The van der Waals surface area contributed by atoms with Crippen molar-refractivity contribution in [2.75, 3.05) is 13.2 Å².